The highest BCUT2D eigenvalue weighted by Crippen LogP contribution is 2.26. The Balaban J connectivity index is 3.47. The smallest absolute Gasteiger partial charge is 0.0715 e. The minimum Gasteiger partial charge on any atom is -0.259 e. The quantitative estimate of drug-likeness (QED) is 0.777. The van der Waals surface area contributed by atoms with Gasteiger partial charge in [0.1, 0.15) is 0 Å². The maximum atomic E-state index is 11.7. The van der Waals surface area contributed by atoms with Crippen LogP contribution in [0.3, 0.4) is 0 Å². The maximum Gasteiger partial charge on any atom is 0.0715 e. The fraction of sp³-hybridized carbons (Fsp3) is 0.500. The lowest BCUT2D eigenvalue weighted by molar-refractivity contribution is 0.552. The van der Waals surface area contributed by atoms with Gasteiger partial charge in [-0.2, -0.15) is 0 Å². The molecule has 14 heavy (non-hydrogen) atoms. The van der Waals surface area contributed by atoms with Crippen LogP contribution in [0.4, 0.5) is 0 Å². The summed E-state index contributed by atoms with van der Waals surface area (Å²) < 4.78 is 19.3. The molecule has 78 valence electrons. The summed E-state index contributed by atoms with van der Waals surface area (Å²) in [6, 6.07) is 3.45. The van der Waals surface area contributed by atoms with E-state index in [2.05, 4.69) is 4.98 Å². The monoisotopic (exact) mass is 212 g/mol. The summed E-state index contributed by atoms with van der Waals surface area (Å²) in [5, 5.41) is 0. The summed E-state index contributed by atoms with van der Waals surface area (Å²) >= 11 is 0. The van der Waals surface area contributed by atoms with Crippen molar-refractivity contribution in [3.63, 3.8) is 0 Å². The lowest BCUT2D eigenvalue weighted by Crippen LogP contribution is -2.17. The largest absolute Gasteiger partial charge is 0.259 e. The predicted octanol–water partition coefficient (Wildman–Crippen LogP) is 2.41. The molecule has 0 aliphatic heterocycles. The molecule has 1 N–H and O–H groups in total. The molecular formula is C10H16N2OS. The topological polar surface area (TPSA) is 53.8 Å². The Morgan fingerprint density at radius 3 is 2.36 bits per heavy atom. The Morgan fingerprint density at radius 1 is 1.43 bits per heavy atom. The van der Waals surface area contributed by atoms with Gasteiger partial charge in [-0.3, -0.25) is 4.98 Å². The Kier molecular flexibility index (Phi) is 2.67. The van der Waals surface area contributed by atoms with E-state index in [1.807, 2.05) is 20.8 Å². The molecule has 3 nitrogen and oxygen atoms in total. The molecule has 0 saturated carbocycles. The van der Waals surface area contributed by atoms with Crippen molar-refractivity contribution in [2.24, 2.45) is 0 Å². The molecule has 1 aromatic heterocycles. The lowest BCUT2D eigenvalue weighted by atomic mass is 9.92. The van der Waals surface area contributed by atoms with Crippen LogP contribution in [0.5, 0.6) is 0 Å². The van der Waals surface area contributed by atoms with Crippen molar-refractivity contribution < 1.29 is 4.21 Å². The summed E-state index contributed by atoms with van der Waals surface area (Å²) in [5.41, 5.74) is 0.582. The summed E-state index contributed by atoms with van der Waals surface area (Å²) in [4.78, 5) is 4.77. The van der Waals surface area contributed by atoms with Gasteiger partial charge in [0, 0.05) is 17.9 Å². The summed E-state index contributed by atoms with van der Waals surface area (Å²) in [6.45, 7) is 6.01. The third-order valence-electron chi connectivity index (χ3n) is 1.90. The molecule has 1 rings (SSSR count). The van der Waals surface area contributed by atoms with E-state index in [0.717, 1.165) is 5.69 Å². The first-order valence-electron chi connectivity index (χ1n) is 4.42. The van der Waals surface area contributed by atoms with Crippen LogP contribution in [-0.4, -0.2) is 15.4 Å². The molecule has 0 aliphatic carbocycles. The molecule has 0 spiro atoms. The molecule has 1 atom stereocenters. The van der Waals surface area contributed by atoms with Gasteiger partial charge in [0.25, 0.3) is 0 Å². The molecule has 0 radical (unpaired) electrons. The molecule has 4 heteroatoms. The van der Waals surface area contributed by atoms with Gasteiger partial charge >= 0.3 is 0 Å². The molecular weight excluding hydrogens is 196 g/mol. The fourth-order valence-electron chi connectivity index (χ4n) is 1.27. The van der Waals surface area contributed by atoms with Gasteiger partial charge in [0.05, 0.1) is 20.3 Å². The molecule has 0 aliphatic rings. The SMILES string of the molecule is CC(C)(C)c1ncccc1S(C)(=N)=O. The number of nitrogens with zero attached hydrogens (tertiary/aromatic N) is 1. The molecule has 0 bridgehead atoms. The van der Waals surface area contributed by atoms with Gasteiger partial charge in [0.2, 0.25) is 0 Å². The number of hydrogen-bond acceptors (Lipinski definition) is 3. The third-order valence-corrected chi connectivity index (χ3v) is 3.07. The summed E-state index contributed by atoms with van der Waals surface area (Å²) in [7, 11) is -2.68. The number of pyridine rings is 1. The fourth-order valence-corrected chi connectivity index (χ4v) is 2.33. The Hall–Kier alpha value is -0.900. The second kappa shape index (κ2) is 3.35. The van der Waals surface area contributed by atoms with E-state index in [4.69, 9.17) is 4.78 Å². The van der Waals surface area contributed by atoms with Crippen LogP contribution >= 0.6 is 0 Å². The minimum absolute atomic E-state index is 0.170. The highest BCUT2D eigenvalue weighted by atomic mass is 32.2. The zero-order valence-electron chi connectivity index (χ0n) is 9.00. The second-order valence-corrected chi connectivity index (χ2v) is 6.57. The second-order valence-electron chi connectivity index (χ2n) is 4.44. The van der Waals surface area contributed by atoms with Crippen LogP contribution in [0.25, 0.3) is 0 Å². The van der Waals surface area contributed by atoms with Crippen molar-refractivity contribution in [1.29, 1.82) is 4.78 Å². The molecule has 1 unspecified atom stereocenters. The zero-order valence-corrected chi connectivity index (χ0v) is 9.81. The Labute approximate surface area is 85.5 Å². The first-order chi connectivity index (χ1) is 6.23. The third kappa shape index (κ3) is 2.32. The van der Waals surface area contributed by atoms with Crippen LogP contribution in [0.2, 0.25) is 0 Å². The molecule has 1 aromatic rings. The first kappa shape index (κ1) is 11.2. The van der Waals surface area contributed by atoms with Crippen molar-refractivity contribution in [2.75, 3.05) is 6.26 Å². The van der Waals surface area contributed by atoms with E-state index < -0.39 is 9.73 Å². The minimum atomic E-state index is -2.68. The van der Waals surface area contributed by atoms with E-state index >= 15 is 0 Å². The normalized spacial score (nSPS) is 16.3. The molecule has 0 fully saturated rings. The van der Waals surface area contributed by atoms with E-state index in [1.54, 1.807) is 18.3 Å². The highest BCUT2D eigenvalue weighted by Gasteiger charge is 2.22. The number of hydrogen-bond donors (Lipinski definition) is 1. The molecule has 0 aromatic carbocycles. The van der Waals surface area contributed by atoms with Gasteiger partial charge in [-0.15, -0.1) is 0 Å². The average molecular weight is 212 g/mol. The van der Waals surface area contributed by atoms with Crippen molar-refractivity contribution in [3.8, 4) is 0 Å². The molecule has 1 heterocycles. The number of rotatable bonds is 1. The Bertz CT molecular complexity index is 430. The highest BCUT2D eigenvalue weighted by molar-refractivity contribution is 7.91. The molecule has 0 saturated heterocycles. The van der Waals surface area contributed by atoms with E-state index in [0.29, 0.717) is 4.90 Å². The van der Waals surface area contributed by atoms with Gasteiger partial charge in [0.15, 0.2) is 0 Å². The van der Waals surface area contributed by atoms with Gasteiger partial charge in [-0.05, 0) is 12.1 Å². The van der Waals surface area contributed by atoms with Crippen LogP contribution in [-0.2, 0) is 15.1 Å². The summed E-state index contributed by atoms with van der Waals surface area (Å²) in [5.74, 6) is 0. The van der Waals surface area contributed by atoms with Crippen molar-refractivity contribution >= 4 is 9.73 Å². The number of nitrogens with one attached hydrogen (secondary N) is 1. The van der Waals surface area contributed by atoms with Crippen LogP contribution in [0.15, 0.2) is 23.2 Å². The Morgan fingerprint density at radius 2 is 2.00 bits per heavy atom. The predicted molar refractivity (Wildman–Crippen MR) is 58.0 cm³/mol. The van der Waals surface area contributed by atoms with E-state index in [-0.39, 0.29) is 5.41 Å². The van der Waals surface area contributed by atoms with Crippen LogP contribution < -0.4 is 0 Å². The van der Waals surface area contributed by atoms with Crippen LogP contribution in [0, 0.1) is 4.78 Å². The van der Waals surface area contributed by atoms with Crippen molar-refractivity contribution in [2.45, 2.75) is 31.1 Å². The van der Waals surface area contributed by atoms with Gasteiger partial charge in [-0.1, -0.05) is 20.8 Å². The van der Waals surface area contributed by atoms with Crippen molar-refractivity contribution in [1.82, 2.24) is 4.98 Å². The standard InChI is InChI=1S/C10H16N2OS/c1-10(2,3)9-8(14(4,11)13)6-5-7-12-9/h5-7,11H,1-4H3. The maximum absolute atomic E-state index is 11.7. The van der Waals surface area contributed by atoms with Crippen molar-refractivity contribution in [3.05, 3.63) is 24.0 Å². The molecule has 0 amide bonds. The lowest BCUT2D eigenvalue weighted by Gasteiger charge is -2.20. The zero-order chi connectivity index (χ0) is 11.0. The first-order valence-corrected chi connectivity index (χ1v) is 6.39. The van der Waals surface area contributed by atoms with Crippen LogP contribution in [0.1, 0.15) is 26.5 Å². The van der Waals surface area contributed by atoms with E-state index in [1.165, 1.54) is 6.26 Å². The van der Waals surface area contributed by atoms with Gasteiger partial charge < -0.3 is 0 Å². The van der Waals surface area contributed by atoms with Gasteiger partial charge in [-0.25, -0.2) is 8.99 Å². The summed E-state index contributed by atoms with van der Waals surface area (Å²) in [6.07, 6.45) is 3.11. The average Bonchev–Trinajstić information content (AvgIpc) is 2.01. The van der Waals surface area contributed by atoms with E-state index in [9.17, 15) is 4.21 Å². The number of aromatic nitrogens is 1.